The molecule has 0 radical (unpaired) electrons. The highest BCUT2D eigenvalue weighted by Crippen LogP contribution is 2.30. The normalized spacial score (nSPS) is 12.0. The van der Waals surface area contributed by atoms with Crippen molar-refractivity contribution >= 4 is 11.0 Å². The maximum Gasteiger partial charge on any atom is 0.453 e. The maximum atomic E-state index is 12.5. The second kappa shape index (κ2) is 3.15. The first-order chi connectivity index (χ1) is 7.04. The van der Waals surface area contributed by atoms with E-state index in [9.17, 15) is 13.2 Å². The third kappa shape index (κ3) is 1.51. The number of benzene rings is 1. The Balaban J connectivity index is 2.75. The summed E-state index contributed by atoms with van der Waals surface area (Å²) in [7, 11) is 1.17. The smallest absolute Gasteiger partial charge is 0.415 e. The zero-order valence-electron chi connectivity index (χ0n) is 7.75. The molecule has 0 spiro atoms. The lowest BCUT2D eigenvalue weighted by atomic mass is 10.3. The standard InChI is InChI=1S/C9H7F3N2O/c1-15-14-7-5-3-2-4-6(7)13-8(14)9(10,11)12/h2-5H,1H3. The minimum absolute atomic E-state index is 0.256. The van der Waals surface area contributed by atoms with Crippen LogP contribution in [0.1, 0.15) is 5.82 Å². The number of imidazole rings is 1. The van der Waals surface area contributed by atoms with Crippen LogP contribution in [-0.4, -0.2) is 16.8 Å². The van der Waals surface area contributed by atoms with Gasteiger partial charge >= 0.3 is 6.18 Å². The average molecular weight is 216 g/mol. The van der Waals surface area contributed by atoms with Crippen molar-refractivity contribution in [2.75, 3.05) is 7.11 Å². The van der Waals surface area contributed by atoms with E-state index >= 15 is 0 Å². The van der Waals surface area contributed by atoms with Crippen LogP contribution in [0.25, 0.3) is 11.0 Å². The fourth-order valence-electron chi connectivity index (χ4n) is 1.37. The highest BCUT2D eigenvalue weighted by molar-refractivity contribution is 5.75. The molecule has 0 saturated heterocycles. The summed E-state index contributed by atoms with van der Waals surface area (Å²) in [6.07, 6.45) is -4.52. The lowest BCUT2D eigenvalue weighted by Crippen LogP contribution is -2.18. The van der Waals surface area contributed by atoms with Gasteiger partial charge in [0.25, 0.3) is 5.82 Å². The van der Waals surface area contributed by atoms with Crippen molar-refractivity contribution in [2.45, 2.75) is 6.18 Å². The van der Waals surface area contributed by atoms with E-state index in [4.69, 9.17) is 0 Å². The first kappa shape index (κ1) is 9.82. The summed E-state index contributed by atoms with van der Waals surface area (Å²) in [4.78, 5) is 8.13. The molecule has 0 atom stereocenters. The molecule has 1 aromatic carbocycles. The Bertz CT molecular complexity index is 490. The Kier molecular flexibility index (Phi) is 2.06. The van der Waals surface area contributed by atoms with E-state index in [1.54, 1.807) is 12.1 Å². The Morgan fingerprint density at radius 1 is 1.27 bits per heavy atom. The van der Waals surface area contributed by atoms with Gasteiger partial charge in [-0.3, -0.25) is 0 Å². The van der Waals surface area contributed by atoms with E-state index in [0.29, 0.717) is 10.2 Å². The predicted molar refractivity (Wildman–Crippen MR) is 47.2 cm³/mol. The van der Waals surface area contributed by atoms with Gasteiger partial charge in [-0.1, -0.05) is 12.1 Å². The van der Waals surface area contributed by atoms with Crippen molar-refractivity contribution in [3.05, 3.63) is 30.1 Å². The van der Waals surface area contributed by atoms with E-state index in [2.05, 4.69) is 9.82 Å². The van der Waals surface area contributed by atoms with Crippen LogP contribution < -0.4 is 4.84 Å². The van der Waals surface area contributed by atoms with Crippen molar-refractivity contribution in [3.63, 3.8) is 0 Å². The van der Waals surface area contributed by atoms with Crippen LogP contribution in [-0.2, 0) is 6.18 Å². The third-order valence-corrected chi connectivity index (χ3v) is 1.96. The number of aromatic nitrogens is 2. The second-order valence-corrected chi connectivity index (χ2v) is 2.90. The Labute approximate surface area is 83.0 Å². The van der Waals surface area contributed by atoms with Gasteiger partial charge in [0.1, 0.15) is 12.6 Å². The molecule has 0 fully saturated rings. The second-order valence-electron chi connectivity index (χ2n) is 2.90. The summed E-state index contributed by atoms with van der Waals surface area (Å²) in [5.41, 5.74) is 0.555. The van der Waals surface area contributed by atoms with Gasteiger partial charge in [0.15, 0.2) is 0 Å². The van der Waals surface area contributed by atoms with Gasteiger partial charge in [-0.25, -0.2) is 4.98 Å². The highest BCUT2D eigenvalue weighted by atomic mass is 19.4. The Morgan fingerprint density at radius 2 is 1.93 bits per heavy atom. The molecule has 80 valence electrons. The topological polar surface area (TPSA) is 27.1 Å². The number of halogens is 3. The van der Waals surface area contributed by atoms with Gasteiger partial charge in [-0.05, 0) is 12.1 Å². The number of fused-ring (bicyclic) bond motifs is 1. The fraction of sp³-hybridized carbons (Fsp3) is 0.222. The van der Waals surface area contributed by atoms with Crippen molar-refractivity contribution in [1.29, 1.82) is 0 Å². The van der Waals surface area contributed by atoms with E-state index in [1.165, 1.54) is 19.2 Å². The van der Waals surface area contributed by atoms with Gasteiger partial charge in [0, 0.05) is 0 Å². The lowest BCUT2D eigenvalue weighted by molar-refractivity contribution is -0.153. The van der Waals surface area contributed by atoms with Gasteiger partial charge in [-0.2, -0.15) is 17.9 Å². The van der Waals surface area contributed by atoms with Gasteiger partial charge in [0.05, 0.1) is 5.52 Å². The molecule has 0 aliphatic heterocycles. The Hall–Kier alpha value is -1.72. The van der Waals surface area contributed by atoms with Crippen molar-refractivity contribution in [3.8, 4) is 0 Å². The number of nitrogens with zero attached hydrogens (tertiary/aromatic N) is 2. The molecule has 2 rings (SSSR count). The van der Waals surface area contributed by atoms with Gasteiger partial charge in [-0.15, -0.1) is 0 Å². The van der Waals surface area contributed by atoms with Crippen LogP contribution in [0, 0.1) is 0 Å². The summed E-state index contributed by atoms with van der Waals surface area (Å²) >= 11 is 0. The minimum atomic E-state index is -4.52. The molecule has 3 nitrogen and oxygen atoms in total. The summed E-state index contributed by atoms with van der Waals surface area (Å²) < 4.78 is 38.2. The summed E-state index contributed by atoms with van der Waals surface area (Å²) in [6, 6.07) is 6.26. The molecule has 0 unspecified atom stereocenters. The monoisotopic (exact) mass is 216 g/mol. The molecule has 6 heteroatoms. The lowest BCUT2D eigenvalue weighted by Gasteiger charge is -2.08. The van der Waals surface area contributed by atoms with E-state index in [0.717, 1.165) is 0 Å². The summed E-state index contributed by atoms with van der Waals surface area (Å²) in [5, 5.41) is 0. The van der Waals surface area contributed by atoms with Crippen LogP contribution in [0.5, 0.6) is 0 Å². The molecule has 0 bridgehead atoms. The third-order valence-electron chi connectivity index (χ3n) is 1.96. The fourth-order valence-corrected chi connectivity index (χ4v) is 1.37. The Morgan fingerprint density at radius 3 is 2.53 bits per heavy atom. The number of alkyl halides is 3. The zero-order valence-corrected chi connectivity index (χ0v) is 7.75. The van der Waals surface area contributed by atoms with Crippen LogP contribution in [0.4, 0.5) is 13.2 Å². The molecule has 1 heterocycles. The highest BCUT2D eigenvalue weighted by Gasteiger charge is 2.38. The van der Waals surface area contributed by atoms with E-state index in [-0.39, 0.29) is 5.52 Å². The van der Waals surface area contributed by atoms with E-state index < -0.39 is 12.0 Å². The van der Waals surface area contributed by atoms with Crippen LogP contribution in [0.3, 0.4) is 0 Å². The van der Waals surface area contributed by atoms with Crippen molar-refractivity contribution in [1.82, 2.24) is 9.71 Å². The molecule has 0 aliphatic rings. The van der Waals surface area contributed by atoms with Crippen LogP contribution >= 0.6 is 0 Å². The number of hydrogen-bond acceptors (Lipinski definition) is 2. The quantitative estimate of drug-likeness (QED) is 0.730. The molecule has 1 aromatic heterocycles. The average Bonchev–Trinajstić information content (AvgIpc) is 2.55. The maximum absolute atomic E-state index is 12.5. The molecular weight excluding hydrogens is 209 g/mol. The molecular formula is C9H7F3N2O. The van der Waals surface area contributed by atoms with Crippen molar-refractivity contribution < 1.29 is 18.0 Å². The molecule has 0 saturated carbocycles. The summed E-state index contributed by atoms with van der Waals surface area (Å²) in [5.74, 6) is -1.05. The van der Waals surface area contributed by atoms with Crippen molar-refractivity contribution in [2.24, 2.45) is 0 Å². The molecule has 15 heavy (non-hydrogen) atoms. The molecule has 0 aliphatic carbocycles. The van der Waals surface area contributed by atoms with Crippen LogP contribution in [0.2, 0.25) is 0 Å². The predicted octanol–water partition coefficient (Wildman–Crippen LogP) is 2.11. The van der Waals surface area contributed by atoms with Crippen LogP contribution in [0.15, 0.2) is 24.3 Å². The summed E-state index contributed by atoms with van der Waals surface area (Å²) in [6.45, 7) is 0. The molecule has 0 amide bonds. The SMILES string of the molecule is COn1c(C(F)(F)F)nc2ccccc21. The van der Waals surface area contributed by atoms with Gasteiger partial charge in [0.2, 0.25) is 0 Å². The number of rotatable bonds is 1. The first-order valence-corrected chi connectivity index (χ1v) is 4.13. The molecule has 0 N–H and O–H groups in total. The molecule has 2 aromatic rings. The van der Waals surface area contributed by atoms with E-state index in [1.807, 2.05) is 0 Å². The number of hydrogen-bond donors (Lipinski definition) is 0. The zero-order chi connectivity index (χ0) is 11.1. The largest absolute Gasteiger partial charge is 0.453 e. The number of para-hydroxylation sites is 2. The minimum Gasteiger partial charge on any atom is -0.415 e. The van der Waals surface area contributed by atoms with Gasteiger partial charge < -0.3 is 4.84 Å². The first-order valence-electron chi connectivity index (χ1n) is 4.13.